The van der Waals surface area contributed by atoms with E-state index in [1.165, 1.54) is 11.1 Å². The van der Waals surface area contributed by atoms with Crippen LogP contribution in [0.1, 0.15) is 43.7 Å². The molecule has 2 heteroatoms. The summed E-state index contributed by atoms with van der Waals surface area (Å²) < 4.78 is 5.22. The van der Waals surface area contributed by atoms with Crippen LogP contribution in [0.4, 0.5) is 0 Å². The number of carbonyl (C=O) groups is 1. The molecule has 2 aromatic carbocycles. The van der Waals surface area contributed by atoms with Crippen molar-refractivity contribution in [2.75, 3.05) is 6.61 Å². The van der Waals surface area contributed by atoms with Crippen LogP contribution in [-0.4, -0.2) is 12.6 Å². The molecule has 0 radical (unpaired) electrons. The van der Waals surface area contributed by atoms with Crippen molar-refractivity contribution in [1.29, 1.82) is 0 Å². The van der Waals surface area contributed by atoms with Crippen LogP contribution in [0.2, 0.25) is 0 Å². The monoisotopic (exact) mass is 308 g/mol. The predicted molar refractivity (Wildman–Crippen MR) is 92.3 cm³/mol. The van der Waals surface area contributed by atoms with Crippen molar-refractivity contribution in [1.82, 2.24) is 0 Å². The lowest BCUT2D eigenvalue weighted by Gasteiger charge is -2.40. The zero-order chi connectivity index (χ0) is 16.1. The zero-order valence-electron chi connectivity index (χ0n) is 13.7. The summed E-state index contributed by atoms with van der Waals surface area (Å²) in [6.45, 7) is 2.34. The Balaban J connectivity index is 1.90. The van der Waals surface area contributed by atoms with Gasteiger partial charge >= 0.3 is 5.97 Å². The maximum Gasteiger partial charge on any atom is 0.308 e. The Labute approximate surface area is 138 Å². The van der Waals surface area contributed by atoms with E-state index in [2.05, 4.69) is 60.7 Å². The molecule has 1 aliphatic carbocycles. The lowest BCUT2D eigenvalue weighted by atomic mass is 9.63. The molecule has 120 valence electrons. The minimum atomic E-state index is -0.0257. The average Bonchev–Trinajstić information content (AvgIpc) is 2.63. The number of carbonyl (C=O) groups excluding carboxylic acids is 1. The number of esters is 1. The van der Waals surface area contributed by atoms with Gasteiger partial charge in [0.1, 0.15) is 0 Å². The number of hydrogen-bond donors (Lipinski definition) is 0. The first-order valence-corrected chi connectivity index (χ1v) is 8.54. The normalized spacial score (nSPS) is 17.6. The van der Waals surface area contributed by atoms with Crippen LogP contribution in [0.15, 0.2) is 60.7 Å². The SMILES string of the molecule is CCOC(=O)C1CCC(c2ccccc2)(c2ccccc2)CC1. The van der Waals surface area contributed by atoms with Crippen molar-refractivity contribution in [3.05, 3.63) is 71.8 Å². The summed E-state index contributed by atoms with van der Waals surface area (Å²) in [5.74, 6) is 0.0257. The van der Waals surface area contributed by atoms with E-state index in [-0.39, 0.29) is 17.3 Å². The van der Waals surface area contributed by atoms with E-state index < -0.39 is 0 Å². The molecule has 0 heterocycles. The van der Waals surface area contributed by atoms with Crippen molar-refractivity contribution >= 4 is 5.97 Å². The van der Waals surface area contributed by atoms with E-state index in [0.717, 1.165) is 25.7 Å². The highest BCUT2D eigenvalue weighted by Gasteiger charge is 2.40. The topological polar surface area (TPSA) is 26.3 Å². The summed E-state index contributed by atoms with van der Waals surface area (Å²) in [6.07, 6.45) is 3.76. The maximum absolute atomic E-state index is 12.1. The van der Waals surface area contributed by atoms with Crippen LogP contribution >= 0.6 is 0 Å². The summed E-state index contributed by atoms with van der Waals surface area (Å²) in [7, 11) is 0. The summed E-state index contributed by atoms with van der Waals surface area (Å²) in [4.78, 5) is 12.1. The molecule has 1 aliphatic rings. The van der Waals surface area contributed by atoms with Crippen molar-refractivity contribution in [3.8, 4) is 0 Å². The summed E-state index contributed by atoms with van der Waals surface area (Å²) in [6, 6.07) is 21.4. The van der Waals surface area contributed by atoms with Crippen LogP contribution in [0.3, 0.4) is 0 Å². The van der Waals surface area contributed by atoms with Gasteiger partial charge in [0.15, 0.2) is 0 Å². The Kier molecular flexibility index (Phi) is 4.80. The quantitative estimate of drug-likeness (QED) is 0.764. The molecule has 1 saturated carbocycles. The second kappa shape index (κ2) is 6.99. The molecular formula is C21H24O2. The van der Waals surface area contributed by atoms with Crippen molar-refractivity contribution in [2.24, 2.45) is 5.92 Å². The predicted octanol–water partition coefficient (Wildman–Crippen LogP) is 4.73. The first-order chi connectivity index (χ1) is 11.3. The molecule has 0 aromatic heterocycles. The molecule has 0 bridgehead atoms. The van der Waals surface area contributed by atoms with Gasteiger partial charge in [0, 0.05) is 5.41 Å². The van der Waals surface area contributed by atoms with E-state index in [0.29, 0.717) is 6.61 Å². The molecule has 23 heavy (non-hydrogen) atoms. The molecule has 0 atom stereocenters. The Morgan fingerprint density at radius 1 is 0.957 bits per heavy atom. The van der Waals surface area contributed by atoms with Gasteiger partial charge in [0.05, 0.1) is 12.5 Å². The minimum absolute atomic E-state index is 0.0194. The van der Waals surface area contributed by atoms with Crippen LogP contribution in [0.25, 0.3) is 0 Å². The second-order valence-electron chi connectivity index (χ2n) is 6.34. The van der Waals surface area contributed by atoms with E-state index in [4.69, 9.17) is 4.74 Å². The molecule has 2 nitrogen and oxygen atoms in total. The lowest BCUT2D eigenvalue weighted by Crippen LogP contribution is -2.35. The molecule has 3 rings (SSSR count). The van der Waals surface area contributed by atoms with Gasteiger partial charge < -0.3 is 4.74 Å². The van der Waals surface area contributed by atoms with Crippen LogP contribution in [-0.2, 0) is 14.9 Å². The largest absolute Gasteiger partial charge is 0.466 e. The Morgan fingerprint density at radius 3 is 1.87 bits per heavy atom. The number of rotatable bonds is 4. The number of hydrogen-bond acceptors (Lipinski definition) is 2. The van der Waals surface area contributed by atoms with E-state index in [1.54, 1.807) is 0 Å². The minimum Gasteiger partial charge on any atom is -0.466 e. The molecule has 2 aromatic rings. The van der Waals surface area contributed by atoms with Gasteiger partial charge in [-0.3, -0.25) is 4.79 Å². The van der Waals surface area contributed by atoms with Crippen LogP contribution < -0.4 is 0 Å². The number of benzene rings is 2. The first kappa shape index (κ1) is 15.8. The molecule has 0 saturated heterocycles. The van der Waals surface area contributed by atoms with Gasteiger partial charge in [-0.2, -0.15) is 0 Å². The third-order valence-electron chi connectivity index (χ3n) is 5.11. The Morgan fingerprint density at radius 2 is 1.43 bits per heavy atom. The standard InChI is InChI=1S/C21H24O2/c1-2-23-20(22)17-13-15-21(16-14-17,18-9-5-3-6-10-18)19-11-7-4-8-12-19/h3-12,17H,2,13-16H2,1H3. The van der Waals surface area contributed by atoms with Gasteiger partial charge in [-0.15, -0.1) is 0 Å². The second-order valence-corrected chi connectivity index (χ2v) is 6.34. The van der Waals surface area contributed by atoms with E-state index in [9.17, 15) is 4.79 Å². The van der Waals surface area contributed by atoms with Crippen molar-refractivity contribution in [2.45, 2.75) is 38.0 Å². The van der Waals surface area contributed by atoms with Gasteiger partial charge in [0.25, 0.3) is 0 Å². The Bertz CT molecular complexity index is 584. The third-order valence-corrected chi connectivity index (χ3v) is 5.11. The molecule has 0 unspecified atom stereocenters. The highest BCUT2D eigenvalue weighted by atomic mass is 16.5. The molecule has 0 N–H and O–H groups in total. The molecule has 0 aliphatic heterocycles. The lowest BCUT2D eigenvalue weighted by molar-refractivity contribution is -0.149. The highest BCUT2D eigenvalue weighted by Crippen LogP contribution is 2.46. The van der Waals surface area contributed by atoms with Gasteiger partial charge in [-0.25, -0.2) is 0 Å². The van der Waals surface area contributed by atoms with Crippen molar-refractivity contribution < 1.29 is 9.53 Å². The molecular weight excluding hydrogens is 284 g/mol. The maximum atomic E-state index is 12.1. The van der Waals surface area contributed by atoms with E-state index >= 15 is 0 Å². The van der Waals surface area contributed by atoms with Gasteiger partial charge in [-0.1, -0.05) is 60.7 Å². The fourth-order valence-corrected chi connectivity index (χ4v) is 3.86. The zero-order valence-corrected chi connectivity index (χ0v) is 13.7. The fraction of sp³-hybridized carbons (Fsp3) is 0.381. The molecule has 1 fully saturated rings. The summed E-state index contributed by atoms with van der Waals surface area (Å²) in [5, 5.41) is 0. The van der Waals surface area contributed by atoms with Gasteiger partial charge in [0.2, 0.25) is 0 Å². The summed E-state index contributed by atoms with van der Waals surface area (Å²) >= 11 is 0. The smallest absolute Gasteiger partial charge is 0.308 e. The number of ether oxygens (including phenoxy) is 1. The van der Waals surface area contributed by atoms with Crippen LogP contribution in [0.5, 0.6) is 0 Å². The third kappa shape index (κ3) is 3.17. The van der Waals surface area contributed by atoms with E-state index in [1.807, 2.05) is 6.92 Å². The Hall–Kier alpha value is -2.09. The summed E-state index contributed by atoms with van der Waals surface area (Å²) in [5.41, 5.74) is 2.73. The molecule has 0 amide bonds. The van der Waals surface area contributed by atoms with Crippen molar-refractivity contribution in [3.63, 3.8) is 0 Å². The molecule has 0 spiro atoms. The average molecular weight is 308 g/mol. The van der Waals surface area contributed by atoms with Crippen LogP contribution in [0, 0.1) is 5.92 Å². The highest BCUT2D eigenvalue weighted by molar-refractivity contribution is 5.72. The first-order valence-electron chi connectivity index (χ1n) is 8.54. The van der Waals surface area contributed by atoms with Gasteiger partial charge in [-0.05, 0) is 43.7 Å². The fourth-order valence-electron chi connectivity index (χ4n) is 3.86.